The number of methoxy groups -OCH3 is 2. The van der Waals surface area contributed by atoms with Gasteiger partial charge in [-0.25, -0.2) is 0 Å². The maximum Gasteiger partial charge on any atom is 0.227 e. The first kappa shape index (κ1) is 18.9. The van der Waals surface area contributed by atoms with E-state index in [0.717, 1.165) is 52.7 Å². The lowest BCUT2D eigenvalue weighted by molar-refractivity contribution is -0.128. The molecular weight excluding hydrogens is 382 g/mol. The second kappa shape index (κ2) is 7.59. The topological polar surface area (TPSA) is 57.2 Å². The van der Waals surface area contributed by atoms with E-state index in [1.165, 1.54) is 5.56 Å². The average molecular weight is 407 g/mol. The summed E-state index contributed by atoms with van der Waals surface area (Å²) in [5, 5.41) is 0. The third-order valence-corrected chi connectivity index (χ3v) is 6.04. The Hall–Kier alpha value is -3.15. The van der Waals surface area contributed by atoms with Crippen molar-refractivity contribution in [1.82, 2.24) is 4.90 Å². The van der Waals surface area contributed by atoms with Crippen LogP contribution in [0.5, 0.6) is 23.0 Å². The molecule has 3 heterocycles. The predicted octanol–water partition coefficient (Wildman–Crippen LogP) is 3.78. The molecule has 3 aliphatic rings. The number of nitrogens with zero attached hydrogens (tertiary/aromatic N) is 1. The number of carbonyl (C=O) groups is 1. The Morgan fingerprint density at radius 3 is 2.60 bits per heavy atom. The average Bonchev–Trinajstić information content (AvgIpc) is 3.01. The van der Waals surface area contributed by atoms with Crippen LogP contribution in [-0.2, 0) is 11.2 Å². The van der Waals surface area contributed by atoms with E-state index in [1.54, 1.807) is 14.2 Å². The molecule has 0 saturated carbocycles. The summed E-state index contributed by atoms with van der Waals surface area (Å²) in [6.07, 6.45) is 4.29. The Morgan fingerprint density at radius 2 is 1.83 bits per heavy atom. The van der Waals surface area contributed by atoms with Gasteiger partial charge >= 0.3 is 0 Å². The molecule has 1 atom stereocenters. The summed E-state index contributed by atoms with van der Waals surface area (Å²) >= 11 is 0. The molecule has 0 N–H and O–H groups in total. The summed E-state index contributed by atoms with van der Waals surface area (Å²) in [4.78, 5) is 15.0. The Bertz CT molecular complexity index is 1030. The third-order valence-electron chi connectivity index (χ3n) is 6.04. The van der Waals surface area contributed by atoms with E-state index in [0.29, 0.717) is 26.2 Å². The fraction of sp³-hybridized carbons (Fsp3) is 0.375. The van der Waals surface area contributed by atoms with Crippen molar-refractivity contribution >= 4 is 11.6 Å². The van der Waals surface area contributed by atoms with Gasteiger partial charge in [-0.05, 0) is 30.2 Å². The van der Waals surface area contributed by atoms with Crippen molar-refractivity contribution in [2.24, 2.45) is 0 Å². The van der Waals surface area contributed by atoms with Gasteiger partial charge in [-0.15, -0.1) is 0 Å². The number of ether oxygens (including phenoxy) is 4. The lowest BCUT2D eigenvalue weighted by Crippen LogP contribution is -2.38. The van der Waals surface area contributed by atoms with Crippen LogP contribution < -0.4 is 18.9 Å². The number of hydrogen-bond donors (Lipinski definition) is 0. The Balaban J connectivity index is 1.59. The van der Waals surface area contributed by atoms with Gasteiger partial charge in [-0.1, -0.05) is 12.1 Å². The highest BCUT2D eigenvalue weighted by Gasteiger charge is 2.34. The molecule has 0 spiro atoms. The first-order valence-electron chi connectivity index (χ1n) is 10.3. The molecule has 0 fully saturated rings. The van der Waals surface area contributed by atoms with E-state index in [4.69, 9.17) is 18.9 Å². The highest BCUT2D eigenvalue weighted by Crippen LogP contribution is 2.44. The van der Waals surface area contributed by atoms with Gasteiger partial charge in [-0.3, -0.25) is 4.79 Å². The smallest absolute Gasteiger partial charge is 0.227 e. The van der Waals surface area contributed by atoms with Gasteiger partial charge in [0.2, 0.25) is 5.91 Å². The molecule has 1 amide bonds. The van der Waals surface area contributed by atoms with Crippen LogP contribution in [0.25, 0.3) is 5.70 Å². The molecule has 0 aliphatic carbocycles. The summed E-state index contributed by atoms with van der Waals surface area (Å²) in [5.41, 5.74) is 4.18. The number of carbonyl (C=O) groups excluding carboxylic acids is 1. The van der Waals surface area contributed by atoms with Crippen LogP contribution in [0, 0.1) is 0 Å². The van der Waals surface area contributed by atoms with Crippen molar-refractivity contribution in [3.05, 3.63) is 53.1 Å². The molecule has 0 saturated heterocycles. The van der Waals surface area contributed by atoms with Gasteiger partial charge < -0.3 is 23.8 Å². The van der Waals surface area contributed by atoms with Crippen LogP contribution in [0.15, 0.2) is 36.4 Å². The SMILES string of the molecule is COc1ccc(C2C=C3c4cc5c(cc4CCN3C(=O)C2)OCCCO5)c(OC)c1. The predicted molar refractivity (Wildman–Crippen MR) is 112 cm³/mol. The largest absolute Gasteiger partial charge is 0.497 e. The van der Waals surface area contributed by atoms with E-state index in [-0.39, 0.29) is 11.8 Å². The van der Waals surface area contributed by atoms with E-state index < -0.39 is 0 Å². The fourth-order valence-corrected chi connectivity index (χ4v) is 4.51. The molecular formula is C24H25NO5. The molecule has 2 aromatic carbocycles. The van der Waals surface area contributed by atoms with Gasteiger partial charge in [0, 0.05) is 48.2 Å². The number of benzene rings is 2. The zero-order valence-corrected chi connectivity index (χ0v) is 17.3. The van der Waals surface area contributed by atoms with Gasteiger partial charge in [0.05, 0.1) is 27.4 Å². The Labute approximate surface area is 176 Å². The number of amides is 1. The van der Waals surface area contributed by atoms with Crippen molar-refractivity contribution in [3.63, 3.8) is 0 Å². The minimum absolute atomic E-state index is 0.0634. The third kappa shape index (κ3) is 3.16. The van der Waals surface area contributed by atoms with Crippen LogP contribution in [-0.4, -0.2) is 44.8 Å². The highest BCUT2D eigenvalue weighted by atomic mass is 16.5. The number of allylic oxidation sites excluding steroid dienone is 1. The van der Waals surface area contributed by atoms with Crippen LogP contribution >= 0.6 is 0 Å². The summed E-state index contributed by atoms with van der Waals surface area (Å²) in [6.45, 7) is 1.99. The minimum Gasteiger partial charge on any atom is -0.497 e. The quantitative estimate of drug-likeness (QED) is 0.775. The van der Waals surface area contributed by atoms with Crippen molar-refractivity contribution < 1.29 is 23.7 Å². The molecule has 5 rings (SSSR count). The number of rotatable bonds is 3. The molecule has 6 heteroatoms. The summed E-state index contributed by atoms with van der Waals surface area (Å²) in [7, 11) is 3.27. The van der Waals surface area contributed by atoms with Crippen molar-refractivity contribution in [1.29, 1.82) is 0 Å². The van der Waals surface area contributed by atoms with E-state index in [1.807, 2.05) is 29.2 Å². The summed E-state index contributed by atoms with van der Waals surface area (Å²) in [6, 6.07) is 9.88. The number of fused-ring (bicyclic) bond motifs is 4. The van der Waals surface area contributed by atoms with Gasteiger partial charge in [0.25, 0.3) is 0 Å². The van der Waals surface area contributed by atoms with Crippen LogP contribution in [0.4, 0.5) is 0 Å². The molecule has 1 unspecified atom stereocenters. The van der Waals surface area contributed by atoms with E-state index >= 15 is 0 Å². The number of hydrogen-bond acceptors (Lipinski definition) is 5. The standard InChI is InChI=1S/C24H25NO5/c1-27-17-4-5-18(21(13-17)28-2)16-10-20-19-14-23-22(29-8-3-9-30-23)11-15(19)6-7-25(20)24(26)12-16/h4-5,10-11,13-14,16H,3,6-9,12H2,1-2H3. The van der Waals surface area contributed by atoms with Gasteiger partial charge in [-0.2, -0.15) is 0 Å². The molecule has 0 bridgehead atoms. The Morgan fingerprint density at radius 1 is 1.03 bits per heavy atom. The fourth-order valence-electron chi connectivity index (χ4n) is 4.51. The molecule has 3 aliphatic heterocycles. The van der Waals surface area contributed by atoms with Gasteiger partial charge in [0.1, 0.15) is 11.5 Å². The van der Waals surface area contributed by atoms with E-state index in [9.17, 15) is 4.79 Å². The van der Waals surface area contributed by atoms with E-state index in [2.05, 4.69) is 12.1 Å². The van der Waals surface area contributed by atoms with Crippen LogP contribution in [0.2, 0.25) is 0 Å². The lowest BCUT2D eigenvalue weighted by atomic mass is 9.85. The first-order chi connectivity index (χ1) is 14.7. The molecule has 0 radical (unpaired) electrons. The van der Waals surface area contributed by atoms with Crippen molar-refractivity contribution in [2.45, 2.75) is 25.2 Å². The molecule has 6 nitrogen and oxygen atoms in total. The van der Waals surface area contributed by atoms with Crippen LogP contribution in [0.1, 0.15) is 35.4 Å². The van der Waals surface area contributed by atoms with Crippen molar-refractivity contribution in [3.8, 4) is 23.0 Å². The summed E-state index contributed by atoms with van der Waals surface area (Å²) in [5.74, 6) is 3.09. The zero-order valence-electron chi connectivity index (χ0n) is 17.3. The first-order valence-corrected chi connectivity index (χ1v) is 10.3. The van der Waals surface area contributed by atoms with Crippen molar-refractivity contribution in [2.75, 3.05) is 34.0 Å². The highest BCUT2D eigenvalue weighted by molar-refractivity contribution is 5.92. The maximum absolute atomic E-state index is 13.1. The monoisotopic (exact) mass is 407 g/mol. The zero-order chi connectivity index (χ0) is 20.7. The molecule has 2 aromatic rings. The molecule has 156 valence electrons. The molecule has 30 heavy (non-hydrogen) atoms. The summed E-state index contributed by atoms with van der Waals surface area (Å²) < 4.78 is 22.7. The maximum atomic E-state index is 13.1. The van der Waals surface area contributed by atoms with Crippen LogP contribution in [0.3, 0.4) is 0 Å². The Kier molecular flexibility index (Phi) is 4.77. The molecule has 0 aromatic heterocycles. The normalized spacial score (nSPS) is 19.9. The lowest BCUT2D eigenvalue weighted by Gasteiger charge is -2.37. The van der Waals surface area contributed by atoms with Gasteiger partial charge in [0.15, 0.2) is 11.5 Å². The second-order valence-corrected chi connectivity index (χ2v) is 7.77. The minimum atomic E-state index is -0.0634. The second-order valence-electron chi connectivity index (χ2n) is 7.77.